The topological polar surface area (TPSA) is 75.9 Å². The van der Waals surface area contributed by atoms with Gasteiger partial charge in [0.25, 0.3) is 0 Å². The van der Waals surface area contributed by atoms with Crippen LogP contribution in [-0.4, -0.2) is 54.5 Å². The normalized spacial score (nSPS) is 15.0. The fourth-order valence-corrected chi connectivity index (χ4v) is 2.19. The lowest BCUT2D eigenvalue weighted by Crippen LogP contribution is -2.52. The van der Waals surface area contributed by atoms with Gasteiger partial charge in [-0.25, -0.2) is 4.79 Å². The highest BCUT2D eigenvalue weighted by Gasteiger charge is 2.24. The van der Waals surface area contributed by atoms with Gasteiger partial charge in [0.1, 0.15) is 6.61 Å². The Morgan fingerprint density at radius 1 is 1.10 bits per heavy atom. The third kappa shape index (κ3) is 4.19. The van der Waals surface area contributed by atoms with E-state index < -0.39 is 0 Å². The molecule has 114 valence electrons. The van der Waals surface area contributed by atoms with Crippen molar-refractivity contribution in [2.45, 2.75) is 13.5 Å². The fraction of sp³-hybridized carbons (Fsp3) is 0.467. The van der Waals surface area contributed by atoms with Gasteiger partial charge in [0, 0.05) is 26.2 Å². The Morgan fingerprint density at radius 2 is 1.67 bits per heavy atom. The fourth-order valence-electron chi connectivity index (χ4n) is 2.19. The summed E-state index contributed by atoms with van der Waals surface area (Å²) in [6, 6.07) is 7.86. The van der Waals surface area contributed by atoms with Crippen LogP contribution in [0.3, 0.4) is 0 Å². The average molecular weight is 291 g/mol. The van der Waals surface area contributed by atoms with E-state index in [0.29, 0.717) is 26.2 Å². The zero-order chi connectivity index (χ0) is 15.2. The second-order valence-electron chi connectivity index (χ2n) is 5.11. The molecule has 6 nitrogen and oxygen atoms in total. The SMILES string of the molecule is Cc1ccc(COC(=O)N2CCN(C(=O)CN)CC2)cc1. The predicted octanol–water partition coefficient (Wildman–Crippen LogP) is 0.735. The molecule has 2 N–H and O–H groups in total. The molecule has 2 amide bonds. The van der Waals surface area contributed by atoms with Gasteiger partial charge in [0.2, 0.25) is 5.91 Å². The standard InChI is InChI=1S/C15H21N3O3/c1-12-2-4-13(5-3-12)11-21-15(20)18-8-6-17(7-9-18)14(19)10-16/h2-5H,6-11,16H2,1H3. The maximum absolute atomic E-state index is 12.0. The third-order valence-electron chi connectivity index (χ3n) is 3.55. The van der Waals surface area contributed by atoms with Crippen molar-refractivity contribution in [1.82, 2.24) is 9.80 Å². The highest BCUT2D eigenvalue weighted by Crippen LogP contribution is 2.08. The van der Waals surface area contributed by atoms with E-state index in [1.54, 1.807) is 9.80 Å². The van der Waals surface area contributed by atoms with Crippen LogP contribution in [0.1, 0.15) is 11.1 Å². The van der Waals surface area contributed by atoms with Crippen molar-refractivity contribution in [2.24, 2.45) is 5.73 Å². The van der Waals surface area contributed by atoms with E-state index in [0.717, 1.165) is 5.56 Å². The Kier molecular flexibility index (Phi) is 5.16. The van der Waals surface area contributed by atoms with E-state index in [4.69, 9.17) is 10.5 Å². The summed E-state index contributed by atoms with van der Waals surface area (Å²) in [5.74, 6) is -0.0809. The quantitative estimate of drug-likeness (QED) is 0.891. The molecule has 1 aromatic carbocycles. The third-order valence-corrected chi connectivity index (χ3v) is 3.55. The summed E-state index contributed by atoms with van der Waals surface area (Å²) in [7, 11) is 0. The molecule has 0 unspecified atom stereocenters. The highest BCUT2D eigenvalue weighted by atomic mass is 16.6. The summed E-state index contributed by atoms with van der Waals surface area (Å²) in [6.45, 7) is 4.28. The van der Waals surface area contributed by atoms with Crippen LogP contribution < -0.4 is 5.73 Å². The molecule has 0 saturated carbocycles. The van der Waals surface area contributed by atoms with Gasteiger partial charge >= 0.3 is 6.09 Å². The van der Waals surface area contributed by atoms with Crippen LogP contribution in [0.2, 0.25) is 0 Å². The Morgan fingerprint density at radius 3 is 2.24 bits per heavy atom. The van der Waals surface area contributed by atoms with E-state index in [2.05, 4.69) is 0 Å². The summed E-state index contributed by atoms with van der Waals surface area (Å²) in [5, 5.41) is 0. The molecule has 1 saturated heterocycles. The molecule has 1 aliphatic rings. The lowest BCUT2D eigenvalue weighted by molar-refractivity contribution is -0.131. The zero-order valence-corrected chi connectivity index (χ0v) is 12.2. The molecule has 0 aromatic heterocycles. The van der Waals surface area contributed by atoms with E-state index in [1.807, 2.05) is 31.2 Å². The van der Waals surface area contributed by atoms with Gasteiger partial charge in [-0.3, -0.25) is 4.79 Å². The Balaban J connectivity index is 1.77. The molecule has 1 fully saturated rings. The molecule has 0 radical (unpaired) electrons. The summed E-state index contributed by atoms with van der Waals surface area (Å²) in [5.41, 5.74) is 7.46. The molecule has 0 aliphatic carbocycles. The zero-order valence-electron chi connectivity index (χ0n) is 12.2. The number of benzene rings is 1. The number of hydrogen-bond donors (Lipinski definition) is 1. The van der Waals surface area contributed by atoms with Gasteiger partial charge in [-0.15, -0.1) is 0 Å². The molecule has 0 spiro atoms. The minimum atomic E-state index is -0.338. The molecule has 21 heavy (non-hydrogen) atoms. The Hall–Kier alpha value is -2.08. The first kappa shape index (κ1) is 15.3. The minimum Gasteiger partial charge on any atom is -0.445 e. The number of rotatable bonds is 3. The Labute approximate surface area is 124 Å². The first-order valence-corrected chi connectivity index (χ1v) is 7.05. The lowest BCUT2D eigenvalue weighted by atomic mass is 10.2. The number of piperazine rings is 1. The second kappa shape index (κ2) is 7.08. The van der Waals surface area contributed by atoms with Gasteiger partial charge in [0.05, 0.1) is 6.54 Å². The van der Waals surface area contributed by atoms with Crippen LogP contribution in [0.4, 0.5) is 4.79 Å². The average Bonchev–Trinajstić information content (AvgIpc) is 2.53. The highest BCUT2D eigenvalue weighted by molar-refractivity contribution is 5.78. The molecule has 1 heterocycles. The second-order valence-corrected chi connectivity index (χ2v) is 5.11. The van der Waals surface area contributed by atoms with Gasteiger partial charge in [-0.1, -0.05) is 29.8 Å². The molecular weight excluding hydrogens is 270 g/mol. The van der Waals surface area contributed by atoms with E-state index in [-0.39, 0.29) is 25.2 Å². The van der Waals surface area contributed by atoms with Crippen molar-refractivity contribution < 1.29 is 14.3 Å². The number of carbonyl (C=O) groups is 2. The molecule has 1 aliphatic heterocycles. The number of ether oxygens (including phenoxy) is 1. The number of amides is 2. The van der Waals surface area contributed by atoms with Gasteiger partial charge in [0.15, 0.2) is 0 Å². The monoisotopic (exact) mass is 291 g/mol. The first-order valence-electron chi connectivity index (χ1n) is 7.05. The molecule has 1 aromatic rings. The van der Waals surface area contributed by atoms with Crippen molar-refractivity contribution in [2.75, 3.05) is 32.7 Å². The predicted molar refractivity (Wildman–Crippen MR) is 78.6 cm³/mol. The van der Waals surface area contributed by atoms with Crippen molar-refractivity contribution in [3.05, 3.63) is 35.4 Å². The summed E-state index contributed by atoms with van der Waals surface area (Å²) < 4.78 is 5.29. The maximum atomic E-state index is 12.0. The van der Waals surface area contributed by atoms with E-state index in [9.17, 15) is 9.59 Å². The van der Waals surface area contributed by atoms with Crippen molar-refractivity contribution >= 4 is 12.0 Å². The smallest absolute Gasteiger partial charge is 0.410 e. The number of aryl methyl sites for hydroxylation is 1. The minimum absolute atomic E-state index is 0.0118. The summed E-state index contributed by atoms with van der Waals surface area (Å²) in [6.07, 6.45) is -0.338. The summed E-state index contributed by atoms with van der Waals surface area (Å²) >= 11 is 0. The van der Waals surface area contributed by atoms with Crippen LogP contribution in [0.25, 0.3) is 0 Å². The number of carbonyl (C=O) groups excluding carboxylic acids is 2. The number of hydrogen-bond acceptors (Lipinski definition) is 4. The van der Waals surface area contributed by atoms with Crippen LogP contribution in [0, 0.1) is 6.92 Å². The molecular formula is C15H21N3O3. The number of nitrogens with two attached hydrogens (primary N) is 1. The molecule has 0 atom stereocenters. The van der Waals surface area contributed by atoms with Gasteiger partial charge in [-0.2, -0.15) is 0 Å². The maximum Gasteiger partial charge on any atom is 0.410 e. The van der Waals surface area contributed by atoms with Gasteiger partial charge < -0.3 is 20.3 Å². The van der Waals surface area contributed by atoms with Gasteiger partial charge in [-0.05, 0) is 12.5 Å². The van der Waals surface area contributed by atoms with Crippen LogP contribution in [0.5, 0.6) is 0 Å². The number of nitrogens with zero attached hydrogens (tertiary/aromatic N) is 2. The lowest BCUT2D eigenvalue weighted by Gasteiger charge is -2.33. The van der Waals surface area contributed by atoms with E-state index in [1.165, 1.54) is 5.56 Å². The largest absolute Gasteiger partial charge is 0.445 e. The molecule has 0 bridgehead atoms. The Bertz CT molecular complexity index is 493. The van der Waals surface area contributed by atoms with Crippen molar-refractivity contribution in [3.8, 4) is 0 Å². The van der Waals surface area contributed by atoms with Crippen LogP contribution >= 0.6 is 0 Å². The summed E-state index contributed by atoms with van der Waals surface area (Å²) in [4.78, 5) is 26.7. The van der Waals surface area contributed by atoms with Crippen LogP contribution in [0.15, 0.2) is 24.3 Å². The molecule has 6 heteroatoms. The molecule has 2 rings (SSSR count). The van der Waals surface area contributed by atoms with Crippen molar-refractivity contribution in [3.63, 3.8) is 0 Å². The van der Waals surface area contributed by atoms with E-state index >= 15 is 0 Å². The first-order chi connectivity index (χ1) is 10.1. The van der Waals surface area contributed by atoms with Crippen LogP contribution in [-0.2, 0) is 16.1 Å². The van der Waals surface area contributed by atoms with Crippen molar-refractivity contribution in [1.29, 1.82) is 0 Å².